The van der Waals surface area contributed by atoms with Gasteiger partial charge >= 0.3 is 0 Å². The molecule has 1 saturated heterocycles. The monoisotopic (exact) mass is 153 g/mol. The third-order valence-corrected chi connectivity index (χ3v) is 1.94. The lowest BCUT2D eigenvalue weighted by Gasteiger charge is -2.36. The molecular weight excluding hydrogens is 142 g/mol. The van der Waals surface area contributed by atoms with Crippen LogP contribution in [0.3, 0.4) is 0 Å². The van der Waals surface area contributed by atoms with Crippen molar-refractivity contribution in [3.05, 3.63) is 12.4 Å². The number of aliphatic hydroxyl groups is 1. The van der Waals surface area contributed by atoms with E-state index in [1.807, 2.05) is 22.7 Å². The molecule has 0 unspecified atom stereocenters. The summed E-state index contributed by atoms with van der Waals surface area (Å²) < 4.78 is 1.95. The second-order valence-corrected chi connectivity index (χ2v) is 2.90. The number of anilines is 1. The molecule has 1 aromatic rings. The number of aromatic nitrogens is 2. The molecule has 4 heteroatoms. The highest BCUT2D eigenvalue weighted by atomic mass is 16.3. The molecule has 0 saturated carbocycles. The zero-order valence-electron chi connectivity index (χ0n) is 6.44. The van der Waals surface area contributed by atoms with Crippen molar-refractivity contribution in [3.8, 4) is 0 Å². The third kappa shape index (κ3) is 0.991. The molecule has 1 N–H and O–H groups in total. The Bertz CT molecular complexity index is 252. The van der Waals surface area contributed by atoms with Crippen LogP contribution >= 0.6 is 0 Å². The van der Waals surface area contributed by atoms with E-state index in [-0.39, 0.29) is 6.10 Å². The Balaban J connectivity index is 2.12. The van der Waals surface area contributed by atoms with Gasteiger partial charge in [0.15, 0.2) is 0 Å². The number of rotatable bonds is 1. The molecule has 2 heterocycles. The Kier molecular flexibility index (Phi) is 1.35. The maximum absolute atomic E-state index is 9.03. The fraction of sp³-hybridized carbons (Fsp3) is 0.571. The third-order valence-electron chi connectivity index (χ3n) is 1.94. The molecule has 4 nitrogen and oxygen atoms in total. The van der Waals surface area contributed by atoms with Gasteiger partial charge in [0.05, 0.1) is 6.10 Å². The minimum Gasteiger partial charge on any atom is -0.389 e. The van der Waals surface area contributed by atoms with E-state index >= 15 is 0 Å². The van der Waals surface area contributed by atoms with Gasteiger partial charge in [0.25, 0.3) is 0 Å². The normalized spacial score (nSPS) is 18.5. The van der Waals surface area contributed by atoms with Gasteiger partial charge in [-0.1, -0.05) is 0 Å². The predicted octanol–water partition coefficient (Wildman–Crippen LogP) is -0.399. The topological polar surface area (TPSA) is 41.3 Å². The molecule has 0 bridgehead atoms. The molecule has 1 aliphatic heterocycles. The average Bonchev–Trinajstić information content (AvgIpc) is 2.29. The van der Waals surface area contributed by atoms with Crippen LogP contribution in [0.5, 0.6) is 0 Å². The second kappa shape index (κ2) is 2.23. The lowest BCUT2D eigenvalue weighted by molar-refractivity contribution is 0.140. The molecule has 1 fully saturated rings. The van der Waals surface area contributed by atoms with Crippen LogP contribution < -0.4 is 4.90 Å². The van der Waals surface area contributed by atoms with Crippen LogP contribution in [0.4, 0.5) is 5.95 Å². The highest BCUT2D eigenvalue weighted by molar-refractivity contribution is 5.35. The number of imidazole rings is 1. The van der Waals surface area contributed by atoms with Gasteiger partial charge in [0.1, 0.15) is 0 Å². The van der Waals surface area contributed by atoms with Crippen LogP contribution in [-0.4, -0.2) is 33.9 Å². The van der Waals surface area contributed by atoms with Crippen molar-refractivity contribution in [2.75, 3.05) is 18.0 Å². The molecule has 2 rings (SSSR count). The highest BCUT2D eigenvalue weighted by Gasteiger charge is 2.26. The molecule has 0 spiro atoms. The molecule has 1 aliphatic rings. The first-order chi connectivity index (χ1) is 5.27. The van der Waals surface area contributed by atoms with Crippen LogP contribution in [0.15, 0.2) is 12.4 Å². The molecule has 0 radical (unpaired) electrons. The smallest absolute Gasteiger partial charge is 0.205 e. The van der Waals surface area contributed by atoms with Crippen LogP contribution in [-0.2, 0) is 7.05 Å². The Morgan fingerprint density at radius 3 is 2.82 bits per heavy atom. The minimum absolute atomic E-state index is 0.160. The van der Waals surface area contributed by atoms with Gasteiger partial charge in [-0.15, -0.1) is 0 Å². The van der Waals surface area contributed by atoms with Crippen molar-refractivity contribution in [1.82, 2.24) is 9.55 Å². The van der Waals surface area contributed by atoms with Crippen molar-refractivity contribution in [2.24, 2.45) is 7.05 Å². The van der Waals surface area contributed by atoms with Crippen molar-refractivity contribution in [2.45, 2.75) is 6.10 Å². The first-order valence-corrected chi connectivity index (χ1v) is 3.67. The van der Waals surface area contributed by atoms with E-state index in [9.17, 15) is 0 Å². The van der Waals surface area contributed by atoms with E-state index in [0.717, 1.165) is 5.95 Å². The van der Waals surface area contributed by atoms with E-state index in [2.05, 4.69) is 4.98 Å². The summed E-state index contributed by atoms with van der Waals surface area (Å²) in [6, 6.07) is 0. The number of hydrogen-bond donors (Lipinski definition) is 1. The average molecular weight is 153 g/mol. The number of hydrogen-bond acceptors (Lipinski definition) is 3. The van der Waals surface area contributed by atoms with Crippen molar-refractivity contribution in [3.63, 3.8) is 0 Å². The lowest BCUT2D eigenvalue weighted by atomic mass is 10.2. The van der Waals surface area contributed by atoms with Gasteiger partial charge in [-0.2, -0.15) is 0 Å². The molecule has 1 aromatic heterocycles. The van der Waals surface area contributed by atoms with Crippen LogP contribution in [0.1, 0.15) is 0 Å². The van der Waals surface area contributed by atoms with Gasteiger partial charge in [-0.05, 0) is 0 Å². The van der Waals surface area contributed by atoms with Crippen molar-refractivity contribution < 1.29 is 5.11 Å². The number of β-amino-alcohol motifs (C(OH)–C–C–N with tert-alkyl or cyclic N) is 1. The van der Waals surface area contributed by atoms with E-state index in [1.54, 1.807) is 6.20 Å². The quantitative estimate of drug-likeness (QED) is 0.597. The standard InChI is InChI=1S/C7H11N3O/c1-9-3-2-8-7(9)10-4-6(11)5-10/h2-3,6,11H,4-5H2,1H3. The summed E-state index contributed by atoms with van der Waals surface area (Å²) in [7, 11) is 1.95. The summed E-state index contributed by atoms with van der Waals surface area (Å²) in [5.41, 5.74) is 0. The summed E-state index contributed by atoms with van der Waals surface area (Å²) in [6.45, 7) is 1.43. The van der Waals surface area contributed by atoms with E-state index < -0.39 is 0 Å². The molecule has 60 valence electrons. The first-order valence-electron chi connectivity index (χ1n) is 3.67. The van der Waals surface area contributed by atoms with Crippen molar-refractivity contribution in [1.29, 1.82) is 0 Å². The molecule has 0 atom stereocenters. The largest absolute Gasteiger partial charge is 0.389 e. The number of nitrogens with zero attached hydrogens (tertiary/aromatic N) is 3. The van der Waals surface area contributed by atoms with E-state index in [1.165, 1.54) is 0 Å². The van der Waals surface area contributed by atoms with Crippen molar-refractivity contribution >= 4 is 5.95 Å². The summed E-state index contributed by atoms with van der Waals surface area (Å²) in [5.74, 6) is 0.940. The van der Waals surface area contributed by atoms with Gasteiger partial charge < -0.3 is 14.6 Å². The van der Waals surface area contributed by atoms with Gasteiger partial charge in [0, 0.05) is 32.5 Å². The molecule has 0 amide bonds. The molecule has 11 heavy (non-hydrogen) atoms. The zero-order valence-corrected chi connectivity index (χ0v) is 6.44. The first kappa shape index (κ1) is 6.67. The van der Waals surface area contributed by atoms with Crippen LogP contribution in [0.25, 0.3) is 0 Å². The SMILES string of the molecule is Cn1ccnc1N1CC(O)C1. The minimum atomic E-state index is -0.160. The predicted molar refractivity (Wildman–Crippen MR) is 41.4 cm³/mol. The van der Waals surface area contributed by atoms with Gasteiger partial charge in [-0.25, -0.2) is 4.98 Å². The van der Waals surface area contributed by atoms with E-state index in [0.29, 0.717) is 13.1 Å². The number of aryl methyl sites for hydroxylation is 1. The number of aliphatic hydroxyl groups excluding tert-OH is 1. The maximum atomic E-state index is 9.03. The second-order valence-electron chi connectivity index (χ2n) is 2.90. The molecule has 0 aromatic carbocycles. The Morgan fingerprint density at radius 1 is 1.64 bits per heavy atom. The highest BCUT2D eigenvalue weighted by Crippen LogP contribution is 2.16. The Morgan fingerprint density at radius 2 is 2.36 bits per heavy atom. The Hall–Kier alpha value is -1.03. The molecular formula is C7H11N3O. The Labute approximate surface area is 65.1 Å². The fourth-order valence-corrected chi connectivity index (χ4v) is 1.28. The summed E-state index contributed by atoms with van der Waals surface area (Å²) in [6.07, 6.45) is 3.51. The zero-order chi connectivity index (χ0) is 7.84. The maximum Gasteiger partial charge on any atom is 0.205 e. The van der Waals surface area contributed by atoms with Crippen LogP contribution in [0.2, 0.25) is 0 Å². The summed E-state index contributed by atoms with van der Waals surface area (Å²) >= 11 is 0. The lowest BCUT2D eigenvalue weighted by Crippen LogP contribution is -2.51. The van der Waals surface area contributed by atoms with E-state index in [4.69, 9.17) is 5.11 Å². The molecule has 0 aliphatic carbocycles. The summed E-state index contributed by atoms with van der Waals surface area (Å²) in [5, 5.41) is 9.03. The fourth-order valence-electron chi connectivity index (χ4n) is 1.28. The van der Waals surface area contributed by atoms with Crippen LogP contribution in [0, 0.1) is 0 Å². The summed E-state index contributed by atoms with van der Waals surface area (Å²) in [4.78, 5) is 6.20. The van der Waals surface area contributed by atoms with Gasteiger partial charge in [0.2, 0.25) is 5.95 Å². The van der Waals surface area contributed by atoms with Gasteiger partial charge in [-0.3, -0.25) is 0 Å².